The summed E-state index contributed by atoms with van der Waals surface area (Å²) in [6.07, 6.45) is 1.32. The van der Waals surface area contributed by atoms with E-state index in [-0.39, 0.29) is 24.6 Å². The summed E-state index contributed by atoms with van der Waals surface area (Å²) in [6.45, 7) is 1.83. The number of carbonyl (C=O) groups excluding carboxylic acids is 2. The van der Waals surface area contributed by atoms with Gasteiger partial charge in [-0.15, -0.1) is 0 Å². The molecule has 0 radical (unpaired) electrons. The topological polar surface area (TPSA) is 79.9 Å². The van der Waals surface area contributed by atoms with Gasteiger partial charge in [0.1, 0.15) is 0 Å². The van der Waals surface area contributed by atoms with Crippen molar-refractivity contribution in [3.63, 3.8) is 0 Å². The molecule has 7 heteroatoms. The Bertz CT molecular complexity index is 848. The summed E-state index contributed by atoms with van der Waals surface area (Å²) in [5, 5.41) is 5.88. The van der Waals surface area contributed by atoms with Gasteiger partial charge in [0.05, 0.1) is 0 Å². The van der Waals surface area contributed by atoms with Gasteiger partial charge in [-0.05, 0) is 42.7 Å². The van der Waals surface area contributed by atoms with Crippen molar-refractivity contribution < 1.29 is 19.1 Å². The Morgan fingerprint density at radius 1 is 1.00 bits per heavy atom. The number of ether oxygens (including phenoxy) is 2. The Labute approximate surface area is 163 Å². The van der Waals surface area contributed by atoms with Crippen molar-refractivity contribution >= 4 is 17.6 Å². The summed E-state index contributed by atoms with van der Waals surface area (Å²) in [4.78, 5) is 26.6. The molecule has 0 aliphatic carbocycles. The second-order valence-corrected chi connectivity index (χ2v) is 6.96. The van der Waals surface area contributed by atoms with Gasteiger partial charge in [-0.3, -0.25) is 4.79 Å². The molecule has 0 bridgehead atoms. The number of piperidine rings is 1. The number of hydrogen-bond donors (Lipinski definition) is 2. The number of urea groups is 1. The van der Waals surface area contributed by atoms with Gasteiger partial charge in [0.25, 0.3) is 0 Å². The molecule has 3 amide bonds. The van der Waals surface area contributed by atoms with Crippen LogP contribution >= 0.6 is 0 Å². The number of nitrogens with zero attached hydrogens (tertiary/aromatic N) is 1. The van der Waals surface area contributed by atoms with E-state index in [9.17, 15) is 9.59 Å². The zero-order valence-electron chi connectivity index (χ0n) is 15.5. The SMILES string of the molecule is O=C(NCc1ccc2c(c1)OCO2)C1CCN(C(=O)Nc2ccccc2)CC1. The molecular formula is C21H23N3O4. The largest absolute Gasteiger partial charge is 0.454 e. The second-order valence-electron chi connectivity index (χ2n) is 6.96. The minimum atomic E-state index is -0.120. The van der Waals surface area contributed by atoms with Gasteiger partial charge in [-0.2, -0.15) is 0 Å². The Morgan fingerprint density at radius 2 is 1.75 bits per heavy atom. The molecule has 2 aromatic rings. The lowest BCUT2D eigenvalue weighted by atomic mass is 9.96. The summed E-state index contributed by atoms with van der Waals surface area (Å²) >= 11 is 0. The predicted molar refractivity (Wildman–Crippen MR) is 104 cm³/mol. The summed E-state index contributed by atoms with van der Waals surface area (Å²) in [5.41, 5.74) is 1.74. The molecule has 1 saturated heterocycles. The lowest BCUT2D eigenvalue weighted by Crippen LogP contribution is -2.44. The van der Waals surface area contributed by atoms with E-state index in [4.69, 9.17) is 9.47 Å². The average molecular weight is 381 g/mol. The zero-order chi connectivity index (χ0) is 19.3. The summed E-state index contributed by atoms with van der Waals surface area (Å²) in [6, 6.07) is 14.9. The maximum atomic E-state index is 12.5. The molecule has 0 atom stereocenters. The third-order valence-corrected chi connectivity index (χ3v) is 5.08. The number of hydrogen-bond acceptors (Lipinski definition) is 4. The van der Waals surface area contributed by atoms with E-state index in [0.29, 0.717) is 38.2 Å². The van der Waals surface area contributed by atoms with Crippen molar-refractivity contribution in [3.8, 4) is 11.5 Å². The molecule has 1 fully saturated rings. The molecular weight excluding hydrogens is 358 g/mol. The minimum absolute atomic E-state index is 0.0285. The Kier molecular flexibility index (Phi) is 5.32. The van der Waals surface area contributed by atoms with Crippen molar-refractivity contribution in [1.29, 1.82) is 0 Å². The van der Waals surface area contributed by atoms with Crippen LogP contribution < -0.4 is 20.1 Å². The number of carbonyl (C=O) groups is 2. The molecule has 4 rings (SSSR count). The van der Waals surface area contributed by atoms with Crippen LogP contribution in [0.15, 0.2) is 48.5 Å². The van der Waals surface area contributed by atoms with Crippen molar-refractivity contribution in [3.05, 3.63) is 54.1 Å². The van der Waals surface area contributed by atoms with Crippen molar-refractivity contribution in [2.75, 3.05) is 25.2 Å². The molecule has 0 unspecified atom stereocenters. The minimum Gasteiger partial charge on any atom is -0.454 e. The first-order valence-electron chi connectivity index (χ1n) is 9.46. The smallest absolute Gasteiger partial charge is 0.321 e. The van der Waals surface area contributed by atoms with Crippen LogP contribution in [0.3, 0.4) is 0 Å². The molecule has 7 nitrogen and oxygen atoms in total. The highest BCUT2D eigenvalue weighted by atomic mass is 16.7. The van der Waals surface area contributed by atoms with Crippen LogP contribution in [0.1, 0.15) is 18.4 Å². The van der Waals surface area contributed by atoms with Gasteiger partial charge < -0.3 is 25.0 Å². The molecule has 0 saturated carbocycles. The summed E-state index contributed by atoms with van der Waals surface area (Å²) < 4.78 is 10.7. The van der Waals surface area contributed by atoms with E-state index in [2.05, 4.69) is 10.6 Å². The van der Waals surface area contributed by atoms with Crippen LogP contribution in [0, 0.1) is 5.92 Å². The summed E-state index contributed by atoms with van der Waals surface area (Å²) in [5.74, 6) is 1.40. The van der Waals surface area contributed by atoms with Crippen molar-refractivity contribution in [2.45, 2.75) is 19.4 Å². The molecule has 0 aromatic heterocycles. The van der Waals surface area contributed by atoms with Crippen LogP contribution in [-0.4, -0.2) is 36.7 Å². The van der Waals surface area contributed by atoms with Crippen LogP contribution in [-0.2, 0) is 11.3 Å². The highest BCUT2D eigenvalue weighted by molar-refractivity contribution is 5.89. The quantitative estimate of drug-likeness (QED) is 0.853. The maximum Gasteiger partial charge on any atom is 0.321 e. The van der Waals surface area contributed by atoms with Crippen LogP contribution in [0.25, 0.3) is 0 Å². The highest BCUT2D eigenvalue weighted by Crippen LogP contribution is 2.32. The van der Waals surface area contributed by atoms with Crippen molar-refractivity contribution in [2.24, 2.45) is 5.92 Å². The second kappa shape index (κ2) is 8.21. The maximum absolute atomic E-state index is 12.5. The Balaban J connectivity index is 1.23. The average Bonchev–Trinajstić information content (AvgIpc) is 3.21. The zero-order valence-corrected chi connectivity index (χ0v) is 15.5. The highest BCUT2D eigenvalue weighted by Gasteiger charge is 2.27. The normalized spacial score (nSPS) is 15.9. The molecule has 0 spiro atoms. The molecule has 146 valence electrons. The number of benzene rings is 2. The molecule has 2 aliphatic heterocycles. The van der Waals surface area contributed by atoms with Gasteiger partial charge >= 0.3 is 6.03 Å². The van der Waals surface area contributed by atoms with Crippen LogP contribution in [0.4, 0.5) is 10.5 Å². The molecule has 2 N–H and O–H groups in total. The van der Waals surface area contributed by atoms with E-state index in [0.717, 1.165) is 17.0 Å². The van der Waals surface area contributed by atoms with Gasteiger partial charge in [0, 0.05) is 31.2 Å². The number of para-hydroxylation sites is 1. The Hall–Kier alpha value is -3.22. The number of rotatable bonds is 4. The van der Waals surface area contributed by atoms with Crippen LogP contribution in [0.5, 0.6) is 11.5 Å². The van der Waals surface area contributed by atoms with Gasteiger partial charge in [-0.25, -0.2) is 4.79 Å². The van der Waals surface area contributed by atoms with Gasteiger partial charge in [0.15, 0.2) is 11.5 Å². The molecule has 28 heavy (non-hydrogen) atoms. The molecule has 2 aromatic carbocycles. The summed E-state index contributed by atoms with van der Waals surface area (Å²) in [7, 11) is 0. The van der Waals surface area contributed by atoms with Crippen LogP contribution in [0.2, 0.25) is 0 Å². The number of nitrogens with one attached hydrogen (secondary N) is 2. The fourth-order valence-electron chi connectivity index (χ4n) is 3.45. The number of fused-ring (bicyclic) bond motifs is 1. The number of likely N-dealkylation sites (tertiary alicyclic amines) is 1. The number of anilines is 1. The standard InChI is InChI=1S/C21H23N3O4/c25-20(22-13-15-6-7-18-19(12-15)28-14-27-18)16-8-10-24(11-9-16)21(26)23-17-4-2-1-3-5-17/h1-7,12,16H,8-11,13-14H2,(H,22,25)(H,23,26). The van der Waals surface area contributed by atoms with Crippen molar-refractivity contribution in [1.82, 2.24) is 10.2 Å². The lowest BCUT2D eigenvalue weighted by Gasteiger charge is -2.31. The fraction of sp³-hybridized carbons (Fsp3) is 0.333. The van der Waals surface area contributed by atoms with E-state index in [1.54, 1.807) is 4.90 Å². The van der Waals surface area contributed by atoms with E-state index in [1.807, 2.05) is 48.5 Å². The molecule has 2 aliphatic rings. The van der Waals surface area contributed by atoms with Gasteiger partial charge in [-0.1, -0.05) is 24.3 Å². The van der Waals surface area contributed by atoms with E-state index < -0.39 is 0 Å². The number of amides is 3. The first-order chi connectivity index (χ1) is 13.7. The third kappa shape index (κ3) is 4.19. The lowest BCUT2D eigenvalue weighted by molar-refractivity contribution is -0.126. The monoisotopic (exact) mass is 381 g/mol. The predicted octanol–water partition coefficient (Wildman–Crippen LogP) is 2.98. The van der Waals surface area contributed by atoms with E-state index in [1.165, 1.54) is 0 Å². The first-order valence-corrected chi connectivity index (χ1v) is 9.46. The fourth-order valence-corrected chi connectivity index (χ4v) is 3.45. The Morgan fingerprint density at radius 3 is 2.54 bits per heavy atom. The molecule has 2 heterocycles. The first kappa shape index (κ1) is 18.2. The third-order valence-electron chi connectivity index (χ3n) is 5.08. The van der Waals surface area contributed by atoms with E-state index >= 15 is 0 Å². The van der Waals surface area contributed by atoms with Gasteiger partial charge in [0.2, 0.25) is 12.7 Å².